The molecule has 1 amide bonds. The minimum atomic E-state index is -0.437. The van der Waals surface area contributed by atoms with Gasteiger partial charge >= 0.3 is 0 Å². The number of aromatic nitrogens is 1. The molecule has 0 aliphatic carbocycles. The molecule has 0 unspecified atom stereocenters. The highest BCUT2D eigenvalue weighted by atomic mass is 16.3. The van der Waals surface area contributed by atoms with Crippen molar-refractivity contribution in [1.82, 2.24) is 15.6 Å². The highest BCUT2D eigenvalue weighted by molar-refractivity contribution is 5.97. The number of furan rings is 1. The first-order chi connectivity index (χ1) is 10.3. The van der Waals surface area contributed by atoms with Crippen LogP contribution >= 0.6 is 0 Å². The number of nitrogens with one attached hydrogen (secondary N) is 2. The largest absolute Gasteiger partial charge is 0.467 e. The average Bonchev–Trinajstić information content (AvgIpc) is 3.03. The van der Waals surface area contributed by atoms with Crippen LogP contribution < -0.4 is 10.6 Å². The van der Waals surface area contributed by atoms with Crippen LogP contribution in [0.5, 0.6) is 0 Å². The summed E-state index contributed by atoms with van der Waals surface area (Å²) in [6.45, 7) is 0.734. The summed E-state index contributed by atoms with van der Waals surface area (Å²) in [6, 6.07) is 9.06. The van der Waals surface area contributed by atoms with Gasteiger partial charge in [0.15, 0.2) is 0 Å². The summed E-state index contributed by atoms with van der Waals surface area (Å²) in [4.78, 5) is 15.8. The van der Waals surface area contributed by atoms with Crippen LogP contribution in [0.2, 0.25) is 0 Å². The van der Waals surface area contributed by atoms with Crippen molar-refractivity contribution < 1.29 is 9.21 Å². The molecule has 0 saturated heterocycles. The van der Waals surface area contributed by atoms with Crippen LogP contribution in [-0.2, 0) is 17.9 Å². The van der Waals surface area contributed by atoms with Crippen molar-refractivity contribution >= 4 is 5.91 Å². The van der Waals surface area contributed by atoms with E-state index in [4.69, 9.17) is 9.68 Å². The fraction of sp³-hybridized carbons (Fsp3) is 0.133. The van der Waals surface area contributed by atoms with Crippen molar-refractivity contribution in [1.29, 1.82) is 5.26 Å². The van der Waals surface area contributed by atoms with Gasteiger partial charge in [0.05, 0.1) is 12.8 Å². The Morgan fingerprint density at radius 3 is 2.95 bits per heavy atom. The van der Waals surface area contributed by atoms with Crippen molar-refractivity contribution in [2.75, 3.05) is 0 Å². The molecular formula is C15H14N4O2. The van der Waals surface area contributed by atoms with Gasteiger partial charge in [0.2, 0.25) is 0 Å². The van der Waals surface area contributed by atoms with Gasteiger partial charge in [-0.25, -0.2) is 0 Å². The van der Waals surface area contributed by atoms with Crippen molar-refractivity contribution in [2.24, 2.45) is 0 Å². The molecule has 0 fully saturated rings. The van der Waals surface area contributed by atoms with Gasteiger partial charge in [-0.2, -0.15) is 5.26 Å². The van der Waals surface area contributed by atoms with E-state index in [9.17, 15) is 4.79 Å². The van der Waals surface area contributed by atoms with Crippen LogP contribution in [0.25, 0.3) is 0 Å². The average molecular weight is 282 g/mol. The standard InChI is InChI=1S/C15H14N4O2/c16-7-13(10-18-11-14-4-2-6-21-14)15(20)19-9-12-3-1-5-17-8-12/h1-6,8,10,18H,9,11H2,(H,19,20)/b13-10-. The molecule has 2 aromatic rings. The van der Waals surface area contributed by atoms with E-state index in [0.717, 1.165) is 11.3 Å². The Hall–Kier alpha value is -3.07. The maximum Gasteiger partial charge on any atom is 0.263 e. The van der Waals surface area contributed by atoms with Crippen LogP contribution in [0.3, 0.4) is 0 Å². The first-order valence-electron chi connectivity index (χ1n) is 6.32. The monoisotopic (exact) mass is 282 g/mol. The van der Waals surface area contributed by atoms with Crippen LogP contribution in [-0.4, -0.2) is 10.9 Å². The second kappa shape index (κ2) is 7.50. The third-order valence-electron chi connectivity index (χ3n) is 2.64. The zero-order chi connectivity index (χ0) is 14.9. The van der Waals surface area contributed by atoms with Gasteiger partial charge in [-0.15, -0.1) is 0 Å². The molecule has 2 heterocycles. The van der Waals surface area contributed by atoms with E-state index in [0.29, 0.717) is 13.1 Å². The minimum absolute atomic E-state index is 0.00504. The predicted octanol–water partition coefficient (Wildman–Crippen LogP) is 1.49. The highest BCUT2D eigenvalue weighted by Crippen LogP contribution is 2.00. The Kier molecular flexibility index (Phi) is 5.12. The lowest BCUT2D eigenvalue weighted by Crippen LogP contribution is -2.25. The maximum absolute atomic E-state index is 11.9. The van der Waals surface area contributed by atoms with Crippen molar-refractivity contribution in [3.05, 3.63) is 66.0 Å². The Balaban J connectivity index is 1.85. The number of rotatable bonds is 6. The first-order valence-corrected chi connectivity index (χ1v) is 6.32. The van der Waals surface area contributed by atoms with E-state index >= 15 is 0 Å². The molecule has 0 bridgehead atoms. The molecule has 0 aromatic carbocycles. The maximum atomic E-state index is 11.9. The van der Waals surface area contributed by atoms with Crippen molar-refractivity contribution in [3.8, 4) is 6.07 Å². The fourth-order valence-electron chi connectivity index (χ4n) is 1.60. The molecule has 106 valence electrons. The molecule has 0 atom stereocenters. The quantitative estimate of drug-likeness (QED) is 0.618. The molecule has 0 radical (unpaired) electrons. The Morgan fingerprint density at radius 1 is 1.38 bits per heavy atom. The van der Waals surface area contributed by atoms with E-state index in [1.165, 1.54) is 6.20 Å². The number of nitriles is 1. The third-order valence-corrected chi connectivity index (χ3v) is 2.64. The molecule has 2 aromatic heterocycles. The Morgan fingerprint density at radius 2 is 2.29 bits per heavy atom. The van der Waals surface area contributed by atoms with Gasteiger partial charge in [0, 0.05) is 25.1 Å². The molecule has 2 N–H and O–H groups in total. The number of carbonyl (C=O) groups excluding carboxylic acids is 1. The van der Waals surface area contributed by atoms with Crippen LogP contribution in [0, 0.1) is 11.3 Å². The summed E-state index contributed by atoms with van der Waals surface area (Å²) in [6.07, 6.45) is 6.25. The predicted molar refractivity (Wildman–Crippen MR) is 75.3 cm³/mol. The molecule has 6 heteroatoms. The number of amides is 1. The van der Waals surface area contributed by atoms with Crippen LogP contribution in [0.4, 0.5) is 0 Å². The number of pyridine rings is 1. The van der Waals surface area contributed by atoms with E-state index in [2.05, 4.69) is 15.6 Å². The molecule has 0 spiro atoms. The van der Waals surface area contributed by atoms with E-state index < -0.39 is 5.91 Å². The van der Waals surface area contributed by atoms with Crippen molar-refractivity contribution in [2.45, 2.75) is 13.1 Å². The molecule has 0 aliphatic heterocycles. The molecule has 0 saturated carbocycles. The second-order valence-corrected chi connectivity index (χ2v) is 4.17. The van der Waals surface area contributed by atoms with Gasteiger partial charge in [-0.3, -0.25) is 9.78 Å². The van der Waals surface area contributed by atoms with Crippen LogP contribution in [0.1, 0.15) is 11.3 Å². The second-order valence-electron chi connectivity index (χ2n) is 4.17. The third kappa shape index (κ3) is 4.51. The van der Waals surface area contributed by atoms with Gasteiger partial charge in [-0.1, -0.05) is 6.07 Å². The SMILES string of the molecule is N#C/C(=C/NCc1ccco1)C(=O)NCc1cccnc1. The normalized spacial score (nSPS) is 10.7. The van der Waals surface area contributed by atoms with Crippen molar-refractivity contribution in [3.63, 3.8) is 0 Å². The summed E-state index contributed by atoms with van der Waals surface area (Å²) < 4.78 is 5.13. The van der Waals surface area contributed by atoms with Gasteiger partial charge in [0.1, 0.15) is 17.4 Å². The zero-order valence-corrected chi connectivity index (χ0v) is 11.2. The van der Waals surface area contributed by atoms with E-state index in [-0.39, 0.29) is 5.57 Å². The number of hydrogen-bond acceptors (Lipinski definition) is 5. The zero-order valence-electron chi connectivity index (χ0n) is 11.2. The molecule has 21 heavy (non-hydrogen) atoms. The first kappa shape index (κ1) is 14.3. The topological polar surface area (TPSA) is 91.0 Å². The number of nitrogens with zero attached hydrogens (tertiary/aromatic N) is 2. The molecule has 2 rings (SSSR count). The highest BCUT2D eigenvalue weighted by Gasteiger charge is 2.08. The van der Waals surface area contributed by atoms with Gasteiger partial charge in [0.25, 0.3) is 5.91 Å². The Labute approximate surface area is 122 Å². The summed E-state index contributed by atoms with van der Waals surface area (Å²) in [5.74, 6) is 0.285. The summed E-state index contributed by atoms with van der Waals surface area (Å²) in [7, 11) is 0. The lowest BCUT2D eigenvalue weighted by Gasteiger charge is -2.04. The molecular weight excluding hydrogens is 268 g/mol. The summed E-state index contributed by atoms with van der Waals surface area (Å²) in [5, 5.41) is 14.5. The smallest absolute Gasteiger partial charge is 0.263 e. The van der Waals surface area contributed by atoms with Crippen LogP contribution in [0.15, 0.2) is 59.1 Å². The van der Waals surface area contributed by atoms with E-state index in [1.54, 1.807) is 36.9 Å². The fourth-order valence-corrected chi connectivity index (χ4v) is 1.60. The Bertz CT molecular complexity index is 642. The number of hydrogen-bond donors (Lipinski definition) is 2. The summed E-state index contributed by atoms with van der Waals surface area (Å²) >= 11 is 0. The number of carbonyl (C=O) groups is 1. The molecule has 0 aliphatic rings. The molecule has 6 nitrogen and oxygen atoms in total. The minimum Gasteiger partial charge on any atom is -0.467 e. The van der Waals surface area contributed by atoms with Gasteiger partial charge in [-0.05, 0) is 23.8 Å². The lowest BCUT2D eigenvalue weighted by molar-refractivity contribution is -0.117. The van der Waals surface area contributed by atoms with Gasteiger partial charge < -0.3 is 15.1 Å². The lowest BCUT2D eigenvalue weighted by atomic mass is 10.2. The van der Waals surface area contributed by atoms with E-state index in [1.807, 2.05) is 12.1 Å². The summed E-state index contributed by atoms with van der Waals surface area (Å²) in [5.41, 5.74) is 0.872.